The van der Waals surface area contributed by atoms with E-state index >= 15 is 0 Å². The third-order valence-electron chi connectivity index (χ3n) is 2.46. The second kappa shape index (κ2) is 3.90. The van der Waals surface area contributed by atoms with Gasteiger partial charge in [-0.15, -0.1) is 11.3 Å². The van der Waals surface area contributed by atoms with Crippen LogP contribution in [-0.4, -0.2) is 18.1 Å². The molecular formula is C9H12F2N2S. The van der Waals surface area contributed by atoms with Crippen LogP contribution in [0.5, 0.6) is 0 Å². The second-order valence-electron chi connectivity index (χ2n) is 3.49. The van der Waals surface area contributed by atoms with Gasteiger partial charge in [0.2, 0.25) is 0 Å². The van der Waals surface area contributed by atoms with Gasteiger partial charge in [-0.3, -0.25) is 0 Å². The largest absolute Gasteiger partial charge is 0.316 e. The van der Waals surface area contributed by atoms with E-state index in [1.165, 1.54) is 0 Å². The van der Waals surface area contributed by atoms with Crippen LogP contribution in [0.4, 0.5) is 8.78 Å². The molecule has 0 aliphatic carbocycles. The van der Waals surface area contributed by atoms with Crippen molar-refractivity contribution in [3.8, 4) is 0 Å². The molecule has 0 saturated carbocycles. The first-order valence-electron chi connectivity index (χ1n) is 4.64. The van der Waals surface area contributed by atoms with Gasteiger partial charge in [0.05, 0.1) is 15.6 Å². The Morgan fingerprint density at radius 3 is 2.86 bits per heavy atom. The van der Waals surface area contributed by atoms with Crippen molar-refractivity contribution in [2.45, 2.75) is 25.7 Å². The fourth-order valence-electron chi connectivity index (χ4n) is 1.67. The Morgan fingerprint density at radius 2 is 2.36 bits per heavy atom. The highest BCUT2D eigenvalue weighted by Crippen LogP contribution is 2.33. The summed E-state index contributed by atoms with van der Waals surface area (Å²) in [5.74, 6) is 0.339. The summed E-state index contributed by atoms with van der Waals surface area (Å²) in [5, 5.41) is 4.07. The summed E-state index contributed by atoms with van der Waals surface area (Å²) in [6, 6.07) is 0. The summed E-state index contributed by atoms with van der Waals surface area (Å²) < 4.78 is 25.0. The molecule has 0 amide bonds. The molecule has 1 unspecified atom stereocenters. The topological polar surface area (TPSA) is 24.9 Å². The van der Waals surface area contributed by atoms with Gasteiger partial charge < -0.3 is 5.32 Å². The minimum absolute atomic E-state index is 0.131. The first-order valence-corrected chi connectivity index (χ1v) is 5.46. The first kappa shape index (κ1) is 9.98. The van der Waals surface area contributed by atoms with Crippen LogP contribution in [0.2, 0.25) is 0 Å². The molecule has 1 aliphatic heterocycles. The number of nitrogens with zero attached hydrogens (tertiary/aromatic N) is 1. The van der Waals surface area contributed by atoms with Crippen LogP contribution in [0.25, 0.3) is 0 Å². The van der Waals surface area contributed by atoms with E-state index < -0.39 is 6.43 Å². The van der Waals surface area contributed by atoms with E-state index in [9.17, 15) is 8.78 Å². The predicted molar refractivity (Wildman–Crippen MR) is 52.0 cm³/mol. The van der Waals surface area contributed by atoms with Crippen molar-refractivity contribution in [3.63, 3.8) is 0 Å². The molecule has 2 heterocycles. The summed E-state index contributed by atoms with van der Waals surface area (Å²) in [5.41, 5.74) is 0.493. The number of aromatic nitrogens is 1. The Bertz CT molecular complexity index is 319. The SMILES string of the molecule is Cc1nc(C2CCNC2)sc1C(F)F. The van der Waals surface area contributed by atoms with E-state index in [-0.39, 0.29) is 4.88 Å². The van der Waals surface area contributed by atoms with Crippen LogP contribution in [0.1, 0.15) is 34.3 Å². The molecule has 0 aromatic carbocycles. The zero-order valence-electron chi connectivity index (χ0n) is 7.89. The molecule has 1 fully saturated rings. The molecule has 1 aromatic rings. The van der Waals surface area contributed by atoms with Crippen LogP contribution in [-0.2, 0) is 0 Å². The number of alkyl halides is 2. The van der Waals surface area contributed by atoms with Gasteiger partial charge >= 0.3 is 0 Å². The normalized spacial score (nSPS) is 22.1. The quantitative estimate of drug-likeness (QED) is 0.824. The molecule has 0 bridgehead atoms. The van der Waals surface area contributed by atoms with Crippen molar-refractivity contribution in [3.05, 3.63) is 15.6 Å². The third kappa shape index (κ3) is 1.79. The lowest BCUT2D eigenvalue weighted by atomic mass is 10.1. The Labute approximate surface area is 85.4 Å². The van der Waals surface area contributed by atoms with E-state index in [1.54, 1.807) is 6.92 Å². The lowest BCUT2D eigenvalue weighted by Gasteiger charge is -2.01. The maximum Gasteiger partial charge on any atom is 0.274 e. The average molecular weight is 218 g/mol. The number of nitrogens with one attached hydrogen (secondary N) is 1. The van der Waals surface area contributed by atoms with E-state index in [2.05, 4.69) is 10.3 Å². The van der Waals surface area contributed by atoms with Gasteiger partial charge in [-0.25, -0.2) is 13.8 Å². The number of aryl methyl sites for hydroxylation is 1. The van der Waals surface area contributed by atoms with E-state index in [0.717, 1.165) is 35.9 Å². The number of hydrogen-bond donors (Lipinski definition) is 1. The summed E-state index contributed by atoms with van der Waals surface area (Å²) in [6.45, 7) is 3.49. The van der Waals surface area contributed by atoms with Crippen LogP contribution in [0, 0.1) is 6.92 Å². The fourth-order valence-corrected chi connectivity index (χ4v) is 2.73. The molecular weight excluding hydrogens is 206 g/mol. The van der Waals surface area contributed by atoms with Gasteiger partial charge in [-0.1, -0.05) is 0 Å². The van der Waals surface area contributed by atoms with Crippen LogP contribution in [0.3, 0.4) is 0 Å². The van der Waals surface area contributed by atoms with Gasteiger partial charge in [-0.2, -0.15) is 0 Å². The fraction of sp³-hybridized carbons (Fsp3) is 0.667. The van der Waals surface area contributed by atoms with Gasteiger partial charge in [0.25, 0.3) is 6.43 Å². The average Bonchev–Trinajstić information content (AvgIpc) is 2.70. The monoisotopic (exact) mass is 218 g/mol. The molecule has 14 heavy (non-hydrogen) atoms. The van der Waals surface area contributed by atoms with Gasteiger partial charge in [0.1, 0.15) is 0 Å². The maximum absolute atomic E-state index is 12.5. The molecule has 2 nitrogen and oxygen atoms in total. The predicted octanol–water partition coefficient (Wildman–Crippen LogP) is 2.47. The van der Waals surface area contributed by atoms with Crippen LogP contribution < -0.4 is 5.32 Å². The van der Waals surface area contributed by atoms with Gasteiger partial charge in [0, 0.05) is 12.5 Å². The number of thiazole rings is 1. The lowest BCUT2D eigenvalue weighted by molar-refractivity contribution is 0.154. The number of halogens is 2. The van der Waals surface area contributed by atoms with E-state index in [0.29, 0.717) is 11.6 Å². The van der Waals surface area contributed by atoms with Crippen molar-refractivity contribution in [1.82, 2.24) is 10.3 Å². The number of hydrogen-bond acceptors (Lipinski definition) is 3. The maximum atomic E-state index is 12.5. The molecule has 1 aliphatic rings. The molecule has 1 saturated heterocycles. The summed E-state index contributed by atoms with van der Waals surface area (Å²) in [7, 11) is 0. The van der Waals surface area contributed by atoms with Crippen LogP contribution >= 0.6 is 11.3 Å². The zero-order chi connectivity index (χ0) is 10.1. The van der Waals surface area contributed by atoms with Crippen molar-refractivity contribution in [2.24, 2.45) is 0 Å². The molecule has 5 heteroatoms. The molecule has 1 N–H and O–H groups in total. The molecule has 2 rings (SSSR count). The van der Waals surface area contributed by atoms with E-state index in [4.69, 9.17) is 0 Å². The highest BCUT2D eigenvalue weighted by molar-refractivity contribution is 7.11. The summed E-state index contributed by atoms with van der Waals surface area (Å²) in [4.78, 5) is 4.34. The third-order valence-corrected chi connectivity index (χ3v) is 3.78. The first-order chi connectivity index (χ1) is 6.68. The smallest absolute Gasteiger partial charge is 0.274 e. The molecule has 0 radical (unpaired) electrons. The van der Waals surface area contributed by atoms with E-state index in [1.807, 2.05) is 0 Å². The second-order valence-corrected chi connectivity index (χ2v) is 4.55. The highest BCUT2D eigenvalue weighted by Gasteiger charge is 2.23. The van der Waals surface area contributed by atoms with Crippen molar-refractivity contribution < 1.29 is 8.78 Å². The molecule has 0 spiro atoms. The zero-order valence-corrected chi connectivity index (χ0v) is 8.70. The standard InChI is InChI=1S/C9H12F2N2S/c1-5-7(8(10)11)14-9(13-5)6-2-3-12-4-6/h6,8,12H,2-4H2,1H3. The lowest BCUT2D eigenvalue weighted by Crippen LogP contribution is -2.07. The van der Waals surface area contributed by atoms with Crippen molar-refractivity contribution in [1.29, 1.82) is 0 Å². The molecule has 1 atom stereocenters. The summed E-state index contributed by atoms with van der Waals surface area (Å²) in [6.07, 6.45) is -1.37. The summed E-state index contributed by atoms with van der Waals surface area (Å²) >= 11 is 1.16. The van der Waals surface area contributed by atoms with Gasteiger partial charge in [0.15, 0.2) is 0 Å². The Kier molecular flexibility index (Phi) is 2.78. The minimum atomic E-state index is -2.38. The molecule has 78 valence electrons. The minimum Gasteiger partial charge on any atom is -0.316 e. The molecule has 1 aromatic heterocycles. The Balaban J connectivity index is 2.22. The van der Waals surface area contributed by atoms with Gasteiger partial charge in [-0.05, 0) is 19.9 Å². The highest BCUT2D eigenvalue weighted by atomic mass is 32.1. The van der Waals surface area contributed by atoms with Crippen molar-refractivity contribution >= 4 is 11.3 Å². The Morgan fingerprint density at radius 1 is 1.57 bits per heavy atom. The number of rotatable bonds is 2. The van der Waals surface area contributed by atoms with Crippen LogP contribution in [0.15, 0.2) is 0 Å². The van der Waals surface area contributed by atoms with Crippen molar-refractivity contribution in [2.75, 3.05) is 13.1 Å². The Hall–Kier alpha value is -0.550.